The largest absolute Gasteiger partial charge is 0.488 e. The first-order valence-corrected chi connectivity index (χ1v) is 5.61. The van der Waals surface area contributed by atoms with Crippen molar-refractivity contribution in [3.05, 3.63) is 12.1 Å². The van der Waals surface area contributed by atoms with E-state index in [-0.39, 0.29) is 7.12 Å². The molecule has 0 bridgehead atoms. The zero-order valence-electron chi connectivity index (χ0n) is 9.84. The van der Waals surface area contributed by atoms with Crippen molar-refractivity contribution in [2.75, 3.05) is 13.2 Å². The molecule has 82 valence electrons. The summed E-state index contributed by atoms with van der Waals surface area (Å²) in [6.07, 6.45) is 4.47. The lowest BCUT2D eigenvalue weighted by Crippen LogP contribution is -2.25. The Morgan fingerprint density at radius 3 is 1.79 bits per heavy atom. The number of rotatable bonds is 9. The maximum absolute atomic E-state index is 5.57. The zero-order valence-corrected chi connectivity index (χ0v) is 9.84. The van der Waals surface area contributed by atoms with Gasteiger partial charge in [-0.15, -0.1) is 6.58 Å². The molecule has 0 aliphatic rings. The summed E-state index contributed by atoms with van der Waals surface area (Å²) in [7, 11) is -0.201. The number of allylic oxidation sites excluding steroid dienone is 1. The molecule has 0 spiro atoms. The minimum absolute atomic E-state index is 0.201. The molecule has 0 aliphatic heterocycles. The Morgan fingerprint density at radius 2 is 1.50 bits per heavy atom. The third-order valence-electron chi connectivity index (χ3n) is 1.94. The molecule has 2 nitrogen and oxygen atoms in total. The van der Waals surface area contributed by atoms with Crippen LogP contribution in [0.1, 0.15) is 46.5 Å². The van der Waals surface area contributed by atoms with E-state index in [1.165, 1.54) is 0 Å². The van der Waals surface area contributed by atoms with Crippen LogP contribution in [0.3, 0.4) is 0 Å². The molecule has 0 aliphatic carbocycles. The van der Waals surface area contributed by atoms with Gasteiger partial charge in [-0.25, -0.2) is 0 Å². The molecule has 0 aromatic rings. The van der Waals surface area contributed by atoms with Gasteiger partial charge in [0.2, 0.25) is 0 Å². The SMILES string of the molecule is C=C(C)B(OCCCC)OCCCC. The van der Waals surface area contributed by atoms with Gasteiger partial charge in [-0.2, -0.15) is 0 Å². The Hall–Kier alpha value is -0.275. The van der Waals surface area contributed by atoms with E-state index in [1.807, 2.05) is 6.92 Å². The van der Waals surface area contributed by atoms with Gasteiger partial charge in [-0.05, 0) is 19.8 Å². The van der Waals surface area contributed by atoms with Crippen LogP contribution in [-0.4, -0.2) is 20.3 Å². The predicted octanol–water partition coefficient (Wildman–Crippen LogP) is 3.22. The molecule has 0 radical (unpaired) electrons. The topological polar surface area (TPSA) is 18.5 Å². The van der Waals surface area contributed by atoms with Crippen molar-refractivity contribution < 1.29 is 9.31 Å². The second-order valence-electron chi connectivity index (χ2n) is 3.63. The first-order chi connectivity index (χ1) is 6.72. The quantitative estimate of drug-likeness (QED) is 0.418. The summed E-state index contributed by atoms with van der Waals surface area (Å²) in [6.45, 7) is 11.6. The van der Waals surface area contributed by atoms with Crippen molar-refractivity contribution in [3.8, 4) is 0 Å². The van der Waals surface area contributed by atoms with Crippen LogP contribution < -0.4 is 0 Å². The minimum Gasteiger partial charge on any atom is -0.408 e. The second kappa shape index (κ2) is 9.29. The lowest BCUT2D eigenvalue weighted by molar-refractivity contribution is 0.198. The van der Waals surface area contributed by atoms with Crippen LogP contribution in [-0.2, 0) is 9.31 Å². The van der Waals surface area contributed by atoms with Crippen molar-refractivity contribution >= 4 is 7.12 Å². The Balaban J connectivity index is 3.61. The molecule has 0 N–H and O–H groups in total. The molecule has 0 aromatic carbocycles. The number of unbranched alkanes of at least 4 members (excludes halogenated alkanes) is 2. The molecular weight excluding hydrogens is 175 g/mol. The van der Waals surface area contributed by atoms with E-state index in [4.69, 9.17) is 9.31 Å². The summed E-state index contributed by atoms with van der Waals surface area (Å²) < 4.78 is 11.1. The van der Waals surface area contributed by atoms with Crippen molar-refractivity contribution in [2.45, 2.75) is 46.5 Å². The molecule has 0 saturated carbocycles. The van der Waals surface area contributed by atoms with E-state index in [2.05, 4.69) is 20.4 Å². The summed E-state index contributed by atoms with van der Waals surface area (Å²) in [4.78, 5) is 0. The molecule has 0 aromatic heterocycles. The average Bonchev–Trinajstić information content (AvgIpc) is 2.15. The van der Waals surface area contributed by atoms with Crippen LogP contribution in [0.4, 0.5) is 0 Å². The van der Waals surface area contributed by atoms with E-state index >= 15 is 0 Å². The lowest BCUT2D eigenvalue weighted by Gasteiger charge is -2.14. The lowest BCUT2D eigenvalue weighted by atomic mass is 9.80. The summed E-state index contributed by atoms with van der Waals surface area (Å²) in [5.41, 5.74) is 0.956. The summed E-state index contributed by atoms with van der Waals surface area (Å²) in [5, 5.41) is 0. The predicted molar refractivity (Wildman–Crippen MR) is 62.3 cm³/mol. The van der Waals surface area contributed by atoms with Crippen LogP contribution in [0.5, 0.6) is 0 Å². The van der Waals surface area contributed by atoms with E-state index in [0.29, 0.717) is 0 Å². The van der Waals surface area contributed by atoms with Crippen LogP contribution in [0.15, 0.2) is 12.1 Å². The highest BCUT2D eigenvalue weighted by Crippen LogP contribution is 2.03. The van der Waals surface area contributed by atoms with E-state index in [1.54, 1.807) is 0 Å². The van der Waals surface area contributed by atoms with Gasteiger partial charge in [-0.1, -0.05) is 32.2 Å². The Bertz CT molecular complexity index is 138. The second-order valence-corrected chi connectivity index (χ2v) is 3.63. The van der Waals surface area contributed by atoms with E-state index in [0.717, 1.165) is 44.4 Å². The smallest absolute Gasteiger partial charge is 0.408 e. The highest BCUT2D eigenvalue weighted by Gasteiger charge is 2.18. The van der Waals surface area contributed by atoms with Gasteiger partial charge < -0.3 is 9.31 Å². The van der Waals surface area contributed by atoms with Crippen LogP contribution in [0, 0.1) is 0 Å². The number of hydrogen-bond donors (Lipinski definition) is 0. The maximum Gasteiger partial charge on any atom is 0.488 e. The molecule has 0 unspecified atom stereocenters. The van der Waals surface area contributed by atoms with Crippen molar-refractivity contribution in [2.24, 2.45) is 0 Å². The average molecular weight is 198 g/mol. The molecule has 0 amide bonds. The monoisotopic (exact) mass is 198 g/mol. The van der Waals surface area contributed by atoms with Gasteiger partial charge in [0.05, 0.1) is 0 Å². The molecule has 14 heavy (non-hydrogen) atoms. The molecule has 0 fully saturated rings. The molecular formula is C11H23BO2. The first kappa shape index (κ1) is 13.7. The Kier molecular flexibility index (Phi) is 9.10. The van der Waals surface area contributed by atoms with Crippen molar-refractivity contribution in [1.29, 1.82) is 0 Å². The molecule has 0 saturated heterocycles. The van der Waals surface area contributed by atoms with Gasteiger partial charge in [0.15, 0.2) is 0 Å². The normalized spacial score (nSPS) is 10.2. The third kappa shape index (κ3) is 7.16. The highest BCUT2D eigenvalue weighted by atomic mass is 16.6. The van der Waals surface area contributed by atoms with Gasteiger partial charge in [-0.3, -0.25) is 0 Å². The third-order valence-corrected chi connectivity index (χ3v) is 1.94. The van der Waals surface area contributed by atoms with Gasteiger partial charge in [0.25, 0.3) is 0 Å². The minimum atomic E-state index is -0.201. The Labute approximate surface area is 88.8 Å². The molecule has 0 atom stereocenters. The molecule has 3 heteroatoms. The van der Waals surface area contributed by atoms with Gasteiger partial charge in [0.1, 0.15) is 0 Å². The fourth-order valence-corrected chi connectivity index (χ4v) is 1.00. The fraction of sp³-hybridized carbons (Fsp3) is 0.818. The molecule has 0 rings (SSSR count). The highest BCUT2D eigenvalue weighted by molar-refractivity contribution is 6.53. The van der Waals surface area contributed by atoms with E-state index in [9.17, 15) is 0 Å². The summed E-state index contributed by atoms with van der Waals surface area (Å²) in [5.74, 6) is 0. The van der Waals surface area contributed by atoms with Crippen LogP contribution in [0.25, 0.3) is 0 Å². The maximum atomic E-state index is 5.57. The number of hydrogen-bond acceptors (Lipinski definition) is 2. The molecule has 0 heterocycles. The fourth-order valence-electron chi connectivity index (χ4n) is 1.00. The van der Waals surface area contributed by atoms with Gasteiger partial charge in [0, 0.05) is 13.2 Å². The summed E-state index contributed by atoms with van der Waals surface area (Å²) >= 11 is 0. The first-order valence-electron chi connectivity index (χ1n) is 5.61. The standard InChI is InChI=1S/C11H23BO2/c1-5-7-9-13-12(11(3)4)14-10-8-6-2/h3,5-10H2,1-2,4H3. The summed E-state index contributed by atoms with van der Waals surface area (Å²) in [6, 6.07) is 0. The van der Waals surface area contributed by atoms with Crippen LogP contribution >= 0.6 is 0 Å². The Morgan fingerprint density at radius 1 is 1.07 bits per heavy atom. The van der Waals surface area contributed by atoms with Gasteiger partial charge >= 0.3 is 7.12 Å². The zero-order chi connectivity index (χ0) is 10.8. The van der Waals surface area contributed by atoms with E-state index < -0.39 is 0 Å². The van der Waals surface area contributed by atoms with Crippen molar-refractivity contribution in [1.82, 2.24) is 0 Å². The van der Waals surface area contributed by atoms with Crippen molar-refractivity contribution in [3.63, 3.8) is 0 Å². The van der Waals surface area contributed by atoms with Crippen LogP contribution in [0.2, 0.25) is 0 Å².